The van der Waals surface area contributed by atoms with E-state index in [1.165, 1.54) is 24.1 Å². The van der Waals surface area contributed by atoms with Crippen molar-refractivity contribution in [1.29, 1.82) is 0 Å². The van der Waals surface area contributed by atoms with E-state index in [-0.39, 0.29) is 0 Å². The zero-order valence-corrected chi connectivity index (χ0v) is 12.2. The summed E-state index contributed by atoms with van der Waals surface area (Å²) in [6.45, 7) is 12.0. The highest BCUT2D eigenvalue weighted by molar-refractivity contribution is 5.52. The standard InChI is InChI=1S/C15H27N3/c1-5-8-16-11-14-12-17-9-7-15(14)18(10-6-2)13(3)4/h7,9,12-13,16H,5-6,8,10-11H2,1-4H3. The van der Waals surface area contributed by atoms with Gasteiger partial charge in [-0.2, -0.15) is 0 Å². The molecule has 1 N–H and O–H groups in total. The van der Waals surface area contributed by atoms with Crippen molar-refractivity contribution in [3.05, 3.63) is 24.0 Å². The van der Waals surface area contributed by atoms with Gasteiger partial charge in [0.15, 0.2) is 0 Å². The quantitative estimate of drug-likeness (QED) is 0.717. The van der Waals surface area contributed by atoms with Gasteiger partial charge in [-0.1, -0.05) is 13.8 Å². The molecular weight excluding hydrogens is 222 g/mol. The Morgan fingerprint density at radius 1 is 1.28 bits per heavy atom. The minimum atomic E-state index is 0.525. The fourth-order valence-corrected chi connectivity index (χ4v) is 2.13. The largest absolute Gasteiger partial charge is 0.369 e. The van der Waals surface area contributed by atoms with Crippen molar-refractivity contribution < 1.29 is 0 Å². The van der Waals surface area contributed by atoms with Crippen molar-refractivity contribution in [1.82, 2.24) is 10.3 Å². The Bertz CT molecular complexity index is 336. The van der Waals surface area contributed by atoms with Gasteiger partial charge in [0.05, 0.1) is 0 Å². The van der Waals surface area contributed by atoms with Gasteiger partial charge < -0.3 is 10.2 Å². The van der Waals surface area contributed by atoms with E-state index in [4.69, 9.17) is 0 Å². The van der Waals surface area contributed by atoms with Crippen LogP contribution in [0.2, 0.25) is 0 Å². The summed E-state index contributed by atoms with van der Waals surface area (Å²) in [5, 5.41) is 3.46. The van der Waals surface area contributed by atoms with E-state index in [1.54, 1.807) is 0 Å². The minimum absolute atomic E-state index is 0.525. The molecule has 0 aliphatic carbocycles. The van der Waals surface area contributed by atoms with Gasteiger partial charge in [0.2, 0.25) is 0 Å². The van der Waals surface area contributed by atoms with Crippen LogP contribution in [0, 0.1) is 0 Å². The Labute approximate surface area is 112 Å². The topological polar surface area (TPSA) is 28.2 Å². The van der Waals surface area contributed by atoms with Crippen LogP contribution < -0.4 is 10.2 Å². The van der Waals surface area contributed by atoms with Gasteiger partial charge >= 0.3 is 0 Å². The van der Waals surface area contributed by atoms with Gasteiger partial charge in [0, 0.05) is 42.8 Å². The number of nitrogens with zero attached hydrogens (tertiary/aromatic N) is 2. The third-order valence-corrected chi connectivity index (χ3v) is 3.02. The molecule has 0 aliphatic rings. The molecule has 0 aliphatic heterocycles. The van der Waals surface area contributed by atoms with Crippen LogP contribution in [0.1, 0.15) is 46.1 Å². The number of anilines is 1. The predicted octanol–water partition coefficient (Wildman–Crippen LogP) is 3.21. The van der Waals surface area contributed by atoms with Crippen molar-refractivity contribution in [2.45, 2.75) is 53.1 Å². The Morgan fingerprint density at radius 3 is 2.67 bits per heavy atom. The summed E-state index contributed by atoms with van der Waals surface area (Å²) < 4.78 is 0. The molecule has 0 saturated carbocycles. The highest BCUT2D eigenvalue weighted by Crippen LogP contribution is 2.21. The zero-order chi connectivity index (χ0) is 13.4. The summed E-state index contributed by atoms with van der Waals surface area (Å²) in [4.78, 5) is 6.72. The lowest BCUT2D eigenvalue weighted by molar-refractivity contribution is 0.647. The number of aromatic nitrogens is 1. The maximum atomic E-state index is 4.26. The molecule has 0 saturated heterocycles. The lowest BCUT2D eigenvalue weighted by Crippen LogP contribution is -2.33. The van der Waals surface area contributed by atoms with E-state index in [0.29, 0.717) is 6.04 Å². The predicted molar refractivity (Wildman–Crippen MR) is 79.0 cm³/mol. The van der Waals surface area contributed by atoms with Crippen LogP contribution >= 0.6 is 0 Å². The first kappa shape index (κ1) is 15.0. The van der Waals surface area contributed by atoms with Crippen LogP contribution in [0.15, 0.2) is 18.5 Å². The summed E-state index contributed by atoms with van der Waals surface area (Å²) >= 11 is 0. The maximum absolute atomic E-state index is 4.26. The van der Waals surface area contributed by atoms with Crippen molar-refractivity contribution in [3.8, 4) is 0 Å². The highest BCUT2D eigenvalue weighted by atomic mass is 15.2. The second-order valence-corrected chi connectivity index (χ2v) is 4.97. The Balaban J connectivity index is 2.84. The van der Waals surface area contributed by atoms with Crippen LogP contribution in [0.4, 0.5) is 5.69 Å². The van der Waals surface area contributed by atoms with Crippen LogP contribution in [0.25, 0.3) is 0 Å². The normalized spacial score (nSPS) is 10.9. The Morgan fingerprint density at radius 2 is 2.06 bits per heavy atom. The molecular formula is C15H27N3. The second kappa shape index (κ2) is 8.09. The average molecular weight is 249 g/mol. The minimum Gasteiger partial charge on any atom is -0.369 e. The van der Waals surface area contributed by atoms with Gasteiger partial charge in [-0.05, 0) is 39.3 Å². The molecule has 1 aromatic rings. The molecule has 0 aromatic carbocycles. The summed E-state index contributed by atoms with van der Waals surface area (Å²) in [7, 11) is 0. The molecule has 0 fully saturated rings. The third kappa shape index (κ3) is 4.30. The molecule has 3 heteroatoms. The van der Waals surface area contributed by atoms with Gasteiger partial charge in [0.25, 0.3) is 0 Å². The summed E-state index contributed by atoms with van der Waals surface area (Å²) in [5.41, 5.74) is 2.62. The van der Waals surface area contributed by atoms with E-state index in [9.17, 15) is 0 Å². The van der Waals surface area contributed by atoms with Gasteiger partial charge in [-0.3, -0.25) is 4.98 Å². The average Bonchev–Trinajstić information content (AvgIpc) is 2.37. The van der Waals surface area contributed by atoms with Crippen molar-refractivity contribution in [3.63, 3.8) is 0 Å². The lowest BCUT2D eigenvalue weighted by Gasteiger charge is -2.30. The van der Waals surface area contributed by atoms with E-state index in [1.807, 2.05) is 12.4 Å². The number of pyridine rings is 1. The molecule has 0 spiro atoms. The monoisotopic (exact) mass is 249 g/mol. The summed E-state index contributed by atoms with van der Waals surface area (Å²) in [6, 6.07) is 2.66. The maximum Gasteiger partial charge on any atom is 0.0445 e. The van der Waals surface area contributed by atoms with Gasteiger partial charge in [-0.15, -0.1) is 0 Å². The second-order valence-electron chi connectivity index (χ2n) is 4.97. The van der Waals surface area contributed by atoms with Crippen LogP contribution in [0.5, 0.6) is 0 Å². The highest BCUT2D eigenvalue weighted by Gasteiger charge is 2.13. The molecule has 3 nitrogen and oxygen atoms in total. The van der Waals surface area contributed by atoms with Crippen molar-refractivity contribution in [2.24, 2.45) is 0 Å². The Hall–Kier alpha value is -1.09. The first-order valence-electron chi connectivity index (χ1n) is 7.10. The first-order chi connectivity index (χ1) is 8.70. The summed E-state index contributed by atoms with van der Waals surface area (Å²) in [5.74, 6) is 0. The molecule has 0 atom stereocenters. The molecule has 1 aromatic heterocycles. The van der Waals surface area contributed by atoms with Crippen LogP contribution in [-0.2, 0) is 6.54 Å². The first-order valence-corrected chi connectivity index (χ1v) is 7.10. The van der Waals surface area contributed by atoms with E-state index >= 15 is 0 Å². The fourth-order valence-electron chi connectivity index (χ4n) is 2.13. The number of hydrogen-bond acceptors (Lipinski definition) is 3. The van der Waals surface area contributed by atoms with Crippen LogP contribution in [-0.4, -0.2) is 24.1 Å². The van der Waals surface area contributed by atoms with Crippen molar-refractivity contribution in [2.75, 3.05) is 18.0 Å². The van der Waals surface area contributed by atoms with Crippen molar-refractivity contribution >= 4 is 5.69 Å². The number of hydrogen-bond donors (Lipinski definition) is 1. The van der Waals surface area contributed by atoms with Gasteiger partial charge in [0.1, 0.15) is 0 Å². The molecule has 0 radical (unpaired) electrons. The van der Waals surface area contributed by atoms with E-state index in [2.05, 4.69) is 49.0 Å². The Kier molecular flexibility index (Phi) is 6.73. The van der Waals surface area contributed by atoms with Gasteiger partial charge in [-0.25, -0.2) is 0 Å². The molecule has 102 valence electrons. The number of nitrogens with one attached hydrogen (secondary N) is 1. The summed E-state index contributed by atoms with van der Waals surface area (Å²) in [6.07, 6.45) is 6.22. The van der Waals surface area contributed by atoms with E-state index < -0.39 is 0 Å². The van der Waals surface area contributed by atoms with Crippen LogP contribution in [0.3, 0.4) is 0 Å². The molecule has 1 rings (SSSR count). The number of rotatable bonds is 8. The SMILES string of the molecule is CCCNCc1cnccc1N(CCC)C(C)C. The molecule has 0 amide bonds. The fraction of sp³-hybridized carbons (Fsp3) is 0.667. The van der Waals surface area contributed by atoms with E-state index in [0.717, 1.165) is 19.6 Å². The molecule has 0 bridgehead atoms. The molecule has 1 heterocycles. The lowest BCUT2D eigenvalue weighted by atomic mass is 10.1. The zero-order valence-electron chi connectivity index (χ0n) is 12.2. The molecule has 0 unspecified atom stereocenters. The smallest absolute Gasteiger partial charge is 0.0445 e. The molecule has 18 heavy (non-hydrogen) atoms. The third-order valence-electron chi connectivity index (χ3n) is 3.02.